The summed E-state index contributed by atoms with van der Waals surface area (Å²) in [5.41, 5.74) is -1.82. The van der Waals surface area contributed by atoms with Gasteiger partial charge < -0.3 is 30.6 Å². The Morgan fingerprint density at radius 3 is 2.21 bits per heavy atom. The van der Waals surface area contributed by atoms with Crippen LogP contribution in [0.5, 0.6) is 0 Å². The highest BCUT2D eigenvalue weighted by Gasteiger charge is 2.71. The van der Waals surface area contributed by atoms with E-state index in [-0.39, 0.29) is 30.3 Å². The Balaban J connectivity index is 1.59. The van der Waals surface area contributed by atoms with E-state index in [1.807, 2.05) is 0 Å². The topological polar surface area (TPSA) is 121 Å². The SMILES string of the molecule is C[C@H](CO)CCC[C@@H](C)[C@H]1C[C@@H](O)[C@@H]2[C@]1(C)CC[C@@H]1[C@@]3(C)CC[C@H](O)[C@H](O)[C@@H]3[C@@H](O)C[C@]12O. The van der Waals surface area contributed by atoms with Crippen LogP contribution in [0.1, 0.15) is 85.5 Å². The van der Waals surface area contributed by atoms with Crippen molar-refractivity contribution in [1.29, 1.82) is 0 Å². The van der Waals surface area contributed by atoms with Gasteiger partial charge in [-0.2, -0.15) is 0 Å². The molecule has 0 unspecified atom stereocenters. The van der Waals surface area contributed by atoms with E-state index in [9.17, 15) is 30.6 Å². The molecule has 0 spiro atoms. The number of fused-ring (bicyclic) bond motifs is 5. The summed E-state index contributed by atoms with van der Waals surface area (Å²) >= 11 is 0. The highest BCUT2D eigenvalue weighted by Crippen LogP contribution is 2.69. The van der Waals surface area contributed by atoms with E-state index < -0.39 is 41.3 Å². The van der Waals surface area contributed by atoms with Crippen molar-refractivity contribution in [3.8, 4) is 0 Å². The standard InChI is InChI=1S/C27H48O6/c1-15(14-28)6-5-7-16(2)17-12-19(30)24-25(17,3)11-9-21-26(4)10-8-18(29)23(32)22(26)20(31)13-27(21,24)33/h15-24,28-33H,5-14H2,1-4H3/t15-,16+,17+,18-,19+,20-,21+,22-,23-,24+,25+,26+,27-/m0/s1. The van der Waals surface area contributed by atoms with Gasteiger partial charge in [0, 0.05) is 24.9 Å². The van der Waals surface area contributed by atoms with E-state index in [1.54, 1.807) is 0 Å². The molecule has 0 saturated heterocycles. The highest BCUT2D eigenvalue weighted by atomic mass is 16.3. The molecule has 4 aliphatic carbocycles. The second-order valence-corrected chi connectivity index (χ2v) is 13.1. The molecule has 0 aliphatic heterocycles. The summed E-state index contributed by atoms with van der Waals surface area (Å²) in [4.78, 5) is 0. The van der Waals surface area contributed by atoms with Gasteiger partial charge in [0.05, 0.1) is 30.0 Å². The van der Waals surface area contributed by atoms with Gasteiger partial charge in [0.15, 0.2) is 0 Å². The molecule has 4 rings (SSSR count). The monoisotopic (exact) mass is 468 g/mol. The Kier molecular flexibility index (Phi) is 7.05. The van der Waals surface area contributed by atoms with Gasteiger partial charge in [0.25, 0.3) is 0 Å². The number of hydrogen-bond donors (Lipinski definition) is 6. The third-order valence-electron chi connectivity index (χ3n) is 11.2. The Bertz CT molecular complexity index is 702. The summed E-state index contributed by atoms with van der Waals surface area (Å²) in [5, 5.41) is 65.2. The first kappa shape index (κ1) is 25.8. The van der Waals surface area contributed by atoms with E-state index in [1.165, 1.54) is 0 Å². The fourth-order valence-corrected chi connectivity index (χ4v) is 9.60. The molecule has 0 aromatic carbocycles. The summed E-state index contributed by atoms with van der Waals surface area (Å²) in [5.74, 6) is 0.208. The predicted octanol–water partition coefficient (Wildman–Crippen LogP) is 2.47. The first-order chi connectivity index (χ1) is 15.4. The Labute approximate surface area is 199 Å². The lowest BCUT2D eigenvalue weighted by atomic mass is 9.41. The molecule has 6 N–H and O–H groups in total. The van der Waals surface area contributed by atoms with E-state index in [2.05, 4.69) is 27.7 Å². The Morgan fingerprint density at radius 1 is 0.879 bits per heavy atom. The first-order valence-corrected chi connectivity index (χ1v) is 13.5. The molecule has 0 bridgehead atoms. The van der Waals surface area contributed by atoms with Crippen LogP contribution < -0.4 is 0 Å². The molecule has 4 aliphatic rings. The van der Waals surface area contributed by atoms with Gasteiger partial charge in [-0.05, 0) is 73.0 Å². The van der Waals surface area contributed by atoms with Crippen LogP contribution in [0.25, 0.3) is 0 Å². The zero-order valence-electron chi connectivity index (χ0n) is 21.0. The molecule has 0 aromatic rings. The molecule has 0 heterocycles. The lowest BCUT2D eigenvalue weighted by Gasteiger charge is -2.66. The lowest BCUT2D eigenvalue weighted by molar-refractivity contribution is -0.280. The molecule has 4 fully saturated rings. The minimum absolute atomic E-state index is 0.104. The summed E-state index contributed by atoms with van der Waals surface area (Å²) in [6.45, 7) is 8.90. The van der Waals surface area contributed by atoms with Crippen molar-refractivity contribution in [1.82, 2.24) is 0 Å². The Hall–Kier alpha value is -0.240. The number of aliphatic hydroxyl groups excluding tert-OH is 5. The second-order valence-electron chi connectivity index (χ2n) is 13.1. The van der Waals surface area contributed by atoms with Gasteiger partial charge in [-0.1, -0.05) is 40.5 Å². The third-order valence-corrected chi connectivity index (χ3v) is 11.2. The summed E-state index contributed by atoms with van der Waals surface area (Å²) in [6, 6.07) is 0. The maximum absolute atomic E-state index is 12.3. The second kappa shape index (κ2) is 9.01. The van der Waals surface area contributed by atoms with Crippen LogP contribution in [0.15, 0.2) is 0 Å². The Morgan fingerprint density at radius 2 is 1.55 bits per heavy atom. The fraction of sp³-hybridized carbons (Fsp3) is 1.00. The van der Waals surface area contributed by atoms with Crippen molar-refractivity contribution in [3.05, 3.63) is 0 Å². The van der Waals surface area contributed by atoms with Gasteiger partial charge in [-0.25, -0.2) is 0 Å². The molecule has 6 nitrogen and oxygen atoms in total. The van der Waals surface area contributed by atoms with Crippen LogP contribution in [-0.2, 0) is 0 Å². The summed E-state index contributed by atoms with van der Waals surface area (Å²) < 4.78 is 0. The average molecular weight is 469 g/mol. The molecule has 192 valence electrons. The summed E-state index contributed by atoms with van der Waals surface area (Å²) in [6.07, 6.45) is 3.57. The van der Waals surface area contributed by atoms with Gasteiger partial charge in [0.2, 0.25) is 0 Å². The van der Waals surface area contributed by atoms with Crippen LogP contribution in [0, 0.1) is 46.3 Å². The smallest absolute Gasteiger partial charge is 0.0857 e. The van der Waals surface area contributed by atoms with Crippen molar-refractivity contribution >= 4 is 0 Å². The van der Waals surface area contributed by atoms with Gasteiger partial charge in [-0.3, -0.25) is 0 Å². The van der Waals surface area contributed by atoms with Crippen LogP contribution in [0.4, 0.5) is 0 Å². The van der Waals surface area contributed by atoms with Gasteiger partial charge in [-0.15, -0.1) is 0 Å². The maximum Gasteiger partial charge on any atom is 0.0857 e. The van der Waals surface area contributed by atoms with E-state index >= 15 is 0 Å². The molecule has 33 heavy (non-hydrogen) atoms. The lowest BCUT2D eigenvalue weighted by Crippen LogP contribution is -2.70. The van der Waals surface area contributed by atoms with Crippen molar-refractivity contribution < 1.29 is 30.6 Å². The van der Waals surface area contributed by atoms with Crippen molar-refractivity contribution in [2.45, 2.75) is 115 Å². The molecule has 0 amide bonds. The zero-order chi connectivity index (χ0) is 24.3. The molecular formula is C27H48O6. The van der Waals surface area contributed by atoms with Gasteiger partial charge in [0.1, 0.15) is 0 Å². The summed E-state index contributed by atoms with van der Waals surface area (Å²) in [7, 11) is 0. The minimum Gasteiger partial charge on any atom is -0.396 e. The molecule has 0 radical (unpaired) electrons. The van der Waals surface area contributed by atoms with E-state index in [4.69, 9.17) is 0 Å². The van der Waals surface area contributed by atoms with Crippen molar-refractivity contribution in [2.75, 3.05) is 6.61 Å². The first-order valence-electron chi connectivity index (χ1n) is 13.5. The van der Waals surface area contributed by atoms with Crippen LogP contribution in [0.3, 0.4) is 0 Å². The molecule has 13 atom stereocenters. The van der Waals surface area contributed by atoms with Crippen LogP contribution in [0.2, 0.25) is 0 Å². The molecular weight excluding hydrogens is 420 g/mol. The third kappa shape index (κ3) is 3.92. The minimum atomic E-state index is -1.17. The maximum atomic E-state index is 12.3. The van der Waals surface area contributed by atoms with Crippen molar-refractivity contribution in [3.63, 3.8) is 0 Å². The number of hydrogen-bond acceptors (Lipinski definition) is 6. The largest absolute Gasteiger partial charge is 0.396 e. The quantitative estimate of drug-likeness (QED) is 0.356. The molecule has 4 saturated carbocycles. The van der Waals surface area contributed by atoms with E-state index in [0.29, 0.717) is 37.0 Å². The van der Waals surface area contributed by atoms with Gasteiger partial charge >= 0.3 is 0 Å². The zero-order valence-corrected chi connectivity index (χ0v) is 21.0. The van der Waals surface area contributed by atoms with Crippen LogP contribution >= 0.6 is 0 Å². The molecule has 0 aromatic heterocycles. The fourth-order valence-electron chi connectivity index (χ4n) is 9.60. The normalized spacial score (nSPS) is 53.6. The average Bonchev–Trinajstić information content (AvgIpc) is 3.02. The predicted molar refractivity (Wildman–Crippen MR) is 126 cm³/mol. The highest BCUT2D eigenvalue weighted by molar-refractivity contribution is 5.20. The van der Waals surface area contributed by atoms with Crippen molar-refractivity contribution in [2.24, 2.45) is 46.3 Å². The van der Waals surface area contributed by atoms with Crippen LogP contribution in [-0.4, -0.2) is 67.3 Å². The molecule has 6 heteroatoms. The number of aliphatic hydroxyl groups is 6. The number of rotatable bonds is 6. The van der Waals surface area contributed by atoms with E-state index in [0.717, 1.165) is 32.1 Å².